The van der Waals surface area contributed by atoms with Gasteiger partial charge < -0.3 is 10.1 Å². The second-order valence-electron chi connectivity index (χ2n) is 5.71. The van der Waals surface area contributed by atoms with E-state index in [0.29, 0.717) is 17.9 Å². The summed E-state index contributed by atoms with van der Waals surface area (Å²) in [6.45, 7) is 9.53. The molecule has 0 spiro atoms. The molecule has 0 aliphatic carbocycles. The van der Waals surface area contributed by atoms with Crippen molar-refractivity contribution in [3.05, 3.63) is 12.3 Å². The van der Waals surface area contributed by atoms with Crippen LogP contribution in [0.2, 0.25) is 0 Å². The molecule has 0 aromatic carbocycles. The Bertz CT molecular complexity index is 405. The van der Waals surface area contributed by atoms with Gasteiger partial charge in [0, 0.05) is 24.8 Å². The van der Waals surface area contributed by atoms with Gasteiger partial charge in [0.1, 0.15) is 0 Å². The van der Waals surface area contributed by atoms with E-state index in [9.17, 15) is 0 Å². The topological polar surface area (TPSA) is 50.3 Å². The third-order valence-corrected chi connectivity index (χ3v) is 3.56. The highest BCUT2D eigenvalue weighted by Gasteiger charge is 2.16. The molecule has 1 fully saturated rings. The van der Waals surface area contributed by atoms with Gasteiger partial charge in [-0.1, -0.05) is 6.42 Å². The Morgan fingerprint density at radius 1 is 1.25 bits per heavy atom. The number of ether oxygens (including phenoxy) is 1. The fourth-order valence-electron chi connectivity index (χ4n) is 2.46. The molecule has 112 valence electrons. The molecule has 1 saturated heterocycles. The van der Waals surface area contributed by atoms with Crippen molar-refractivity contribution in [1.29, 1.82) is 0 Å². The fraction of sp³-hybridized carbons (Fsp3) is 0.733. The van der Waals surface area contributed by atoms with E-state index in [4.69, 9.17) is 4.74 Å². The molecule has 2 rings (SSSR count). The van der Waals surface area contributed by atoms with Crippen molar-refractivity contribution < 1.29 is 4.74 Å². The number of rotatable bonds is 6. The zero-order valence-electron chi connectivity index (χ0n) is 12.8. The summed E-state index contributed by atoms with van der Waals surface area (Å²) in [5, 5.41) is 3.31. The Morgan fingerprint density at radius 2 is 2.00 bits per heavy atom. The highest BCUT2D eigenvalue weighted by atomic mass is 16.5. The van der Waals surface area contributed by atoms with Gasteiger partial charge in [0.15, 0.2) is 0 Å². The maximum atomic E-state index is 5.58. The highest BCUT2D eigenvalue weighted by molar-refractivity contribution is 5.27. The molecule has 0 radical (unpaired) electrons. The molecule has 1 N–H and O–H groups in total. The number of aromatic nitrogens is 2. The van der Waals surface area contributed by atoms with E-state index in [1.807, 2.05) is 13.8 Å². The van der Waals surface area contributed by atoms with Gasteiger partial charge in [-0.3, -0.25) is 4.90 Å². The minimum absolute atomic E-state index is 0.130. The molecule has 5 nitrogen and oxygen atoms in total. The summed E-state index contributed by atoms with van der Waals surface area (Å²) in [6, 6.07) is 2.30. The molecule has 0 bridgehead atoms. The molecule has 1 atom stereocenters. The Hall–Kier alpha value is -1.36. The number of nitrogens with one attached hydrogen (secondary N) is 1. The lowest BCUT2D eigenvalue weighted by molar-refractivity contribution is 0.180. The van der Waals surface area contributed by atoms with Gasteiger partial charge in [-0.05, 0) is 46.7 Å². The molecular formula is C15H26N4O. The summed E-state index contributed by atoms with van der Waals surface area (Å²) in [5.41, 5.74) is 0. The second-order valence-corrected chi connectivity index (χ2v) is 5.71. The van der Waals surface area contributed by atoms with Crippen molar-refractivity contribution in [2.75, 3.05) is 25.0 Å². The van der Waals surface area contributed by atoms with Crippen molar-refractivity contribution in [2.24, 2.45) is 0 Å². The van der Waals surface area contributed by atoms with Crippen LogP contribution in [0.25, 0.3) is 0 Å². The number of likely N-dealkylation sites (tertiary alicyclic amines) is 1. The SMILES string of the molecule is CC(C)Oc1ccnc(NCC(C)N2CCCCC2)n1. The third kappa shape index (κ3) is 4.63. The summed E-state index contributed by atoms with van der Waals surface area (Å²) in [7, 11) is 0. The quantitative estimate of drug-likeness (QED) is 0.866. The molecule has 2 heterocycles. The molecule has 20 heavy (non-hydrogen) atoms. The number of nitrogens with zero attached hydrogens (tertiary/aromatic N) is 3. The Morgan fingerprint density at radius 3 is 2.70 bits per heavy atom. The molecule has 0 amide bonds. The summed E-state index contributed by atoms with van der Waals surface area (Å²) >= 11 is 0. The first kappa shape index (κ1) is 15.0. The zero-order chi connectivity index (χ0) is 14.4. The van der Waals surface area contributed by atoms with Crippen LogP contribution in [0, 0.1) is 0 Å². The van der Waals surface area contributed by atoms with Crippen LogP contribution in [0.3, 0.4) is 0 Å². The lowest BCUT2D eigenvalue weighted by atomic mass is 10.1. The molecule has 1 aliphatic rings. The van der Waals surface area contributed by atoms with E-state index in [-0.39, 0.29) is 6.10 Å². The standard InChI is InChI=1S/C15H26N4O/c1-12(2)20-14-7-8-16-15(18-14)17-11-13(3)19-9-5-4-6-10-19/h7-8,12-13H,4-6,9-11H2,1-3H3,(H,16,17,18). The summed E-state index contributed by atoms with van der Waals surface area (Å²) in [6.07, 6.45) is 5.87. The molecule has 1 aromatic rings. The first-order valence-corrected chi connectivity index (χ1v) is 7.63. The van der Waals surface area contributed by atoms with Crippen molar-refractivity contribution in [2.45, 2.75) is 52.2 Å². The highest BCUT2D eigenvalue weighted by Crippen LogP contribution is 2.13. The number of anilines is 1. The third-order valence-electron chi connectivity index (χ3n) is 3.56. The van der Waals surface area contributed by atoms with Gasteiger partial charge in [-0.25, -0.2) is 4.98 Å². The molecule has 1 unspecified atom stereocenters. The molecule has 5 heteroatoms. The van der Waals surface area contributed by atoms with E-state index < -0.39 is 0 Å². The van der Waals surface area contributed by atoms with Crippen LogP contribution in [0.4, 0.5) is 5.95 Å². The lowest BCUT2D eigenvalue weighted by Crippen LogP contribution is -2.41. The van der Waals surface area contributed by atoms with E-state index >= 15 is 0 Å². The van der Waals surface area contributed by atoms with Gasteiger partial charge in [0.2, 0.25) is 11.8 Å². The predicted molar refractivity (Wildman–Crippen MR) is 81.2 cm³/mol. The van der Waals surface area contributed by atoms with Crippen LogP contribution in [0.15, 0.2) is 12.3 Å². The predicted octanol–water partition coefficient (Wildman–Crippen LogP) is 2.55. The normalized spacial score (nSPS) is 18.0. The summed E-state index contributed by atoms with van der Waals surface area (Å²) in [5.74, 6) is 1.27. The maximum Gasteiger partial charge on any atom is 0.225 e. The summed E-state index contributed by atoms with van der Waals surface area (Å²) in [4.78, 5) is 11.1. The van der Waals surface area contributed by atoms with Gasteiger partial charge in [0.05, 0.1) is 6.10 Å². The number of piperidine rings is 1. The van der Waals surface area contributed by atoms with Crippen LogP contribution in [0.1, 0.15) is 40.0 Å². The second kappa shape index (κ2) is 7.43. The van der Waals surface area contributed by atoms with Gasteiger partial charge >= 0.3 is 0 Å². The summed E-state index contributed by atoms with van der Waals surface area (Å²) < 4.78 is 5.58. The lowest BCUT2D eigenvalue weighted by Gasteiger charge is -2.32. The largest absolute Gasteiger partial charge is 0.475 e. The van der Waals surface area contributed by atoms with Crippen molar-refractivity contribution in [1.82, 2.24) is 14.9 Å². The Balaban J connectivity index is 1.83. The monoisotopic (exact) mass is 278 g/mol. The Labute approximate surface area is 121 Å². The average molecular weight is 278 g/mol. The van der Waals surface area contributed by atoms with E-state index in [0.717, 1.165) is 6.54 Å². The van der Waals surface area contributed by atoms with Crippen LogP contribution in [-0.2, 0) is 0 Å². The number of hydrogen-bond donors (Lipinski definition) is 1. The van der Waals surface area contributed by atoms with Crippen molar-refractivity contribution >= 4 is 5.95 Å². The smallest absolute Gasteiger partial charge is 0.225 e. The fourth-order valence-corrected chi connectivity index (χ4v) is 2.46. The minimum atomic E-state index is 0.130. The minimum Gasteiger partial charge on any atom is -0.475 e. The van der Waals surface area contributed by atoms with Crippen LogP contribution in [0.5, 0.6) is 5.88 Å². The van der Waals surface area contributed by atoms with Gasteiger partial charge in [-0.2, -0.15) is 4.98 Å². The van der Waals surface area contributed by atoms with E-state index in [1.54, 1.807) is 12.3 Å². The average Bonchev–Trinajstić information content (AvgIpc) is 2.45. The molecule has 0 saturated carbocycles. The first-order valence-electron chi connectivity index (χ1n) is 7.63. The van der Waals surface area contributed by atoms with E-state index in [1.165, 1.54) is 32.4 Å². The molecular weight excluding hydrogens is 252 g/mol. The zero-order valence-corrected chi connectivity index (χ0v) is 12.8. The van der Waals surface area contributed by atoms with Crippen LogP contribution < -0.4 is 10.1 Å². The van der Waals surface area contributed by atoms with Crippen molar-refractivity contribution in [3.63, 3.8) is 0 Å². The first-order chi connectivity index (χ1) is 9.65. The van der Waals surface area contributed by atoms with Crippen molar-refractivity contribution in [3.8, 4) is 5.88 Å². The van der Waals surface area contributed by atoms with Crippen LogP contribution >= 0.6 is 0 Å². The van der Waals surface area contributed by atoms with Crippen LogP contribution in [-0.4, -0.2) is 46.6 Å². The van der Waals surface area contributed by atoms with Gasteiger partial charge in [0.25, 0.3) is 0 Å². The van der Waals surface area contributed by atoms with Gasteiger partial charge in [-0.15, -0.1) is 0 Å². The molecule has 1 aromatic heterocycles. The Kier molecular flexibility index (Phi) is 5.59. The number of hydrogen-bond acceptors (Lipinski definition) is 5. The molecule has 1 aliphatic heterocycles. The maximum absolute atomic E-state index is 5.58. The van der Waals surface area contributed by atoms with E-state index in [2.05, 4.69) is 27.1 Å².